The molecule has 25 heavy (non-hydrogen) atoms. The Hall–Kier alpha value is -2.41. The van der Waals surface area contributed by atoms with Gasteiger partial charge in [-0.25, -0.2) is 0 Å². The minimum atomic E-state index is -0.514. The summed E-state index contributed by atoms with van der Waals surface area (Å²) in [7, 11) is 0. The normalized spacial score (nSPS) is 16.5. The molecule has 2 aromatic rings. The minimum absolute atomic E-state index is 0.0764. The highest BCUT2D eigenvalue weighted by Crippen LogP contribution is 2.26. The molecule has 1 unspecified atom stereocenters. The van der Waals surface area contributed by atoms with Crippen molar-refractivity contribution in [1.82, 2.24) is 15.5 Å². The van der Waals surface area contributed by atoms with E-state index in [9.17, 15) is 4.79 Å². The molecule has 2 heterocycles. The molecule has 1 aliphatic heterocycles. The van der Waals surface area contributed by atoms with Gasteiger partial charge in [-0.05, 0) is 5.56 Å². The van der Waals surface area contributed by atoms with Gasteiger partial charge in [0.15, 0.2) is 0 Å². The van der Waals surface area contributed by atoms with Crippen LogP contribution in [-0.2, 0) is 9.53 Å². The average Bonchev–Trinajstić information content (AvgIpc) is 3.10. The molecule has 1 atom stereocenters. The van der Waals surface area contributed by atoms with Gasteiger partial charge in [0.1, 0.15) is 6.04 Å². The first-order valence-corrected chi connectivity index (χ1v) is 8.47. The summed E-state index contributed by atoms with van der Waals surface area (Å²) in [6, 6.07) is 9.63. The molecule has 0 aliphatic carbocycles. The van der Waals surface area contributed by atoms with Gasteiger partial charge in [0.2, 0.25) is 11.8 Å². The smallest absolute Gasteiger partial charge is 0.318 e. The number of anilines is 1. The number of carbonyl (C=O) groups excluding carboxylic acids is 1. The van der Waals surface area contributed by atoms with Crippen molar-refractivity contribution < 1.29 is 13.9 Å². The summed E-state index contributed by atoms with van der Waals surface area (Å²) in [6.07, 6.45) is 0. The van der Waals surface area contributed by atoms with Crippen molar-refractivity contribution in [3.63, 3.8) is 0 Å². The molecule has 1 N–H and O–H groups in total. The topological polar surface area (TPSA) is 80.5 Å². The molecule has 1 saturated heterocycles. The molecule has 0 bridgehead atoms. The molecule has 7 heteroatoms. The van der Waals surface area contributed by atoms with E-state index in [-0.39, 0.29) is 5.91 Å². The van der Waals surface area contributed by atoms with E-state index in [2.05, 4.69) is 15.5 Å². The fourth-order valence-electron chi connectivity index (χ4n) is 2.51. The Morgan fingerprint density at radius 2 is 1.84 bits per heavy atom. The Morgan fingerprint density at radius 3 is 2.48 bits per heavy atom. The highest BCUT2D eigenvalue weighted by atomic mass is 16.5. The van der Waals surface area contributed by atoms with Gasteiger partial charge in [-0.15, -0.1) is 5.10 Å². The Kier molecular flexibility index (Phi) is 5.03. The van der Waals surface area contributed by atoms with Crippen LogP contribution in [0.15, 0.2) is 34.7 Å². The zero-order valence-electron chi connectivity index (χ0n) is 14.9. The van der Waals surface area contributed by atoms with Crippen LogP contribution in [0.1, 0.15) is 38.3 Å². The molecule has 1 aromatic heterocycles. The number of hydrogen-bond donors (Lipinski definition) is 1. The molecule has 0 saturated carbocycles. The Balaban J connectivity index is 1.86. The van der Waals surface area contributed by atoms with Crippen molar-refractivity contribution in [2.45, 2.75) is 26.8 Å². The standard InChI is InChI=1S/C18H24N4O3/c1-18(2,3)16(23)19-14(13-7-5-4-6-8-13)15-20-21-17(25-15)22-9-11-24-12-10-22/h4-8,14H,9-12H2,1-3H3,(H,19,23). The molecule has 1 fully saturated rings. The van der Waals surface area contributed by atoms with Gasteiger partial charge < -0.3 is 19.4 Å². The number of benzene rings is 1. The number of amides is 1. The molecule has 1 amide bonds. The number of morpholine rings is 1. The van der Waals surface area contributed by atoms with Crippen molar-refractivity contribution in [2.24, 2.45) is 5.41 Å². The second kappa shape index (κ2) is 7.23. The second-order valence-corrected chi connectivity index (χ2v) is 7.09. The number of ether oxygens (including phenoxy) is 1. The van der Waals surface area contributed by atoms with Gasteiger partial charge in [0, 0.05) is 18.5 Å². The average molecular weight is 344 g/mol. The summed E-state index contributed by atoms with van der Waals surface area (Å²) in [5.41, 5.74) is 0.386. The van der Waals surface area contributed by atoms with Crippen LogP contribution >= 0.6 is 0 Å². The monoisotopic (exact) mass is 344 g/mol. The third kappa shape index (κ3) is 4.17. The highest BCUT2D eigenvalue weighted by Gasteiger charge is 2.29. The summed E-state index contributed by atoms with van der Waals surface area (Å²) in [6.45, 7) is 8.32. The van der Waals surface area contributed by atoms with Crippen LogP contribution in [0.2, 0.25) is 0 Å². The fraction of sp³-hybridized carbons (Fsp3) is 0.500. The lowest BCUT2D eigenvalue weighted by molar-refractivity contribution is -0.129. The van der Waals surface area contributed by atoms with E-state index in [1.807, 2.05) is 56.0 Å². The SMILES string of the molecule is CC(C)(C)C(=O)NC(c1ccccc1)c1nnc(N2CCOCC2)o1. The maximum absolute atomic E-state index is 12.5. The van der Waals surface area contributed by atoms with Crippen molar-refractivity contribution in [2.75, 3.05) is 31.2 Å². The van der Waals surface area contributed by atoms with Crippen LogP contribution < -0.4 is 10.2 Å². The Bertz CT molecular complexity index is 703. The zero-order valence-corrected chi connectivity index (χ0v) is 14.9. The second-order valence-electron chi connectivity index (χ2n) is 7.09. The van der Waals surface area contributed by atoms with Gasteiger partial charge in [-0.1, -0.05) is 56.2 Å². The quantitative estimate of drug-likeness (QED) is 0.915. The lowest BCUT2D eigenvalue weighted by atomic mass is 9.94. The third-order valence-corrected chi connectivity index (χ3v) is 4.05. The van der Waals surface area contributed by atoms with E-state index in [1.54, 1.807) is 0 Å². The largest absolute Gasteiger partial charge is 0.405 e. The van der Waals surface area contributed by atoms with E-state index in [4.69, 9.17) is 9.15 Å². The van der Waals surface area contributed by atoms with E-state index < -0.39 is 11.5 Å². The van der Waals surface area contributed by atoms with Crippen molar-refractivity contribution in [3.8, 4) is 0 Å². The maximum atomic E-state index is 12.5. The number of hydrogen-bond acceptors (Lipinski definition) is 6. The number of carbonyl (C=O) groups is 1. The molecule has 0 spiro atoms. The van der Waals surface area contributed by atoms with E-state index in [1.165, 1.54) is 0 Å². The number of nitrogens with one attached hydrogen (secondary N) is 1. The van der Waals surface area contributed by atoms with Gasteiger partial charge in [-0.2, -0.15) is 0 Å². The van der Waals surface area contributed by atoms with Crippen LogP contribution in [0.3, 0.4) is 0 Å². The molecule has 1 aromatic carbocycles. The van der Waals surface area contributed by atoms with E-state index >= 15 is 0 Å². The van der Waals surface area contributed by atoms with Gasteiger partial charge in [-0.3, -0.25) is 4.79 Å². The van der Waals surface area contributed by atoms with Crippen LogP contribution in [0.25, 0.3) is 0 Å². The molecule has 134 valence electrons. The first-order valence-electron chi connectivity index (χ1n) is 8.47. The van der Waals surface area contributed by atoms with Gasteiger partial charge in [0.25, 0.3) is 0 Å². The van der Waals surface area contributed by atoms with Crippen molar-refractivity contribution >= 4 is 11.9 Å². The molecular formula is C18H24N4O3. The number of nitrogens with zero attached hydrogens (tertiary/aromatic N) is 3. The van der Waals surface area contributed by atoms with Crippen LogP contribution in [0.5, 0.6) is 0 Å². The summed E-state index contributed by atoms with van der Waals surface area (Å²) in [5.74, 6) is 0.303. The third-order valence-electron chi connectivity index (χ3n) is 4.05. The highest BCUT2D eigenvalue weighted by molar-refractivity contribution is 5.82. The Morgan fingerprint density at radius 1 is 1.16 bits per heavy atom. The molecular weight excluding hydrogens is 320 g/mol. The lowest BCUT2D eigenvalue weighted by Gasteiger charge is -2.25. The van der Waals surface area contributed by atoms with Gasteiger partial charge in [0.05, 0.1) is 13.2 Å². The number of aromatic nitrogens is 2. The zero-order chi connectivity index (χ0) is 17.9. The predicted molar refractivity (Wildman–Crippen MR) is 93.2 cm³/mol. The van der Waals surface area contributed by atoms with E-state index in [0.717, 1.165) is 5.56 Å². The first-order chi connectivity index (χ1) is 11.9. The molecule has 1 aliphatic rings. The summed E-state index contributed by atoms with van der Waals surface area (Å²) < 4.78 is 11.2. The van der Waals surface area contributed by atoms with Crippen molar-refractivity contribution in [1.29, 1.82) is 0 Å². The summed E-state index contributed by atoms with van der Waals surface area (Å²) >= 11 is 0. The lowest BCUT2D eigenvalue weighted by Crippen LogP contribution is -2.38. The predicted octanol–water partition coefficient (Wildman–Crippen LogP) is 2.16. The van der Waals surface area contributed by atoms with E-state index in [0.29, 0.717) is 38.2 Å². The molecule has 7 nitrogen and oxygen atoms in total. The van der Waals surface area contributed by atoms with Crippen LogP contribution in [0.4, 0.5) is 6.01 Å². The fourth-order valence-corrected chi connectivity index (χ4v) is 2.51. The molecule has 3 rings (SSSR count). The summed E-state index contributed by atoms with van der Waals surface area (Å²) in [4.78, 5) is 14.5. The first kappa shape index (κ1) is 17.4. The maximum Gasteiger partial charge on any atom is 0.318 e. The summed E-state index contributed by atoms with van der Waals surface area (Å²) in [5, 5.41) is 11.4. The number of rotatable bonds is 4. The van der Waals surface area contributed by atoms with Gasteiger partial charge >= 0.3 is 6.01 Å². The van der Waals surface area contributed by atoms with Crippen LogP contribution in [-0.4, -0.2) is 42.4 Å². The van der Waals surface area contributed by atoms with Crippen molar-refractivity contribution in [3.05, 3.63) is 41.8 Å². The Labute approximate surface area is 147 Å². The minimum Gasteiger partial charge on any atom is -0.405 e. The van der Waals surface area contributed by atoms with Crippen LogP contribution in [0, 0.1) is 5.41 Å². The molecule has 0 radical (unpaired) electrons.